The fourth-order valence-corrected chi connectivity index (χ4v) is 3.65. The van der Waals surface area contributed by atoms with Crippen LogP contribution in [0.3, 0.4) is 0 Å². The number of carbonyl (C=O) groups excluding carboxylic acids is 1. The lowest BCUT2D eigenvalue weighted by atomic mass is 10.0. The second kappa shape index (κ2) is 8.68. The van der Waals surface area contributed by atoms with E-state index in [2.05, 4.69) is 34.5 Å². The molecule has 1 aliphatic heterocycles. The number of aliphatic hydroxyl groups is 1. The molecule has 0 bridgehead atoms. The van der Waals surface area contributed by atoms with Crippen LogP contribution in [0, 0.1) is 5.92 Å². The normalized spacial score (nSPS) is 22.4. The molecule has 1 saturated heterocycles. The predicted octanol–water partition coefficient (Wildman–Crippen LogP) is 2.45. The van der Waals surface area contributed by atoms with Crippen molar-refractivity contribution in [2.24, 2.45) is 5.92 Å². The summed E-state index contributed by atoms with van der Waals surface area (Å²) in [6.45, 7) is 3.13. The Morgan fingerprint density at radius 1 is 1.28 bits per heavy atom. The van der Waals surface area contributed by atoms with Gasteiger partial charge in [-0.1, -0.05) is 36.8 Å². The Kier molecular flexibility index (Phi) is 6.32. The number of hydrogen-bond acceptors (Lipinski definition) is 3. The average Bonchev–Trinajstić information content (AvgIpc) is 3.46. The van der Waals surface area contributed by atoms with E-state index in [1.54, 1.807) is 11.9 Å². The molecule has 1 aromatic rings. The highest BCUT2D eigenvalue weighted by atomic mass is 16.3. The zero-order chi connectivity index (χ0) is 17.6. The number of rotatable bonds is 7. The molecule has 1 aliphatic carbocycles. The summed E-state index contributed by atoms with van der Waals surface area (Å²) in [7, 11) is 1.77. The third kappa shape index (κ3) is 5.44. The van der Waals surface area contributed by atoms with Gasteiger partial charge in [-0.25, -0.2) is 4.79 Å². The number of benzene rings is 1. The summed E-state index contributed by atoms with van der Waals surface area (Å²) in [6.07, 6.45) is 5.38. The molecule has 0 radical (unpaired) electrons. The molecule has 2 unspecified atom stereocenters. The van der Waals surface area contributed by atoms with E-state index in [0.717, 1.165) is 32.4 Å². The molecule has 2 amide bonds. The van der Waals surface area contributed by atoms with E-state index < -0.39 is 0 Å². The molecule has 1 aromatic carbocycles. The first-order valence-electron chi connectivity index (χ1n) is 9.58. The zero-order valence-corrected chi connectivity index (χ0v) is 15.2. The molecule has 1 heterocycles. The minimum absolute atomic E-state index is 0.0788. The van der Waals surface area contributed by atoms with Gasteiger partial charge in [0, 0.05) is 32.7 Å². The van der Waals surface area contributed by atoms with Crippen LogP contribution >= 0.6 is 0 Å². The van der Waals surface area contributed by atoms with Gasteiger partial charge < -0.3 is 15.3 Å². The van der Waals surface area contributed by atoms with E-state index in [1.165, 1.54) is 18.4 Å². The van der Waals surface area contributed by atoms with Crippen LogP contribution in [-0.4, -0.2) is 59.8 Å². The fourth-order valence-electron chi connectivity index (χ4n) is 3.65. The second-order valence-corrected chi connectivity index (χ2v) is 7.58. The van der Waals surface area contributed by atoms with E-state index in [-0.39, 0.29) is 12.1 Å². The Hall–Kier alpha value is -1.59. The molecule has 138 valence electrons. The maximum atomic E-state index is 12.3. The topological polar surface area (TPSA) is 55.8 Å². The van der Waals surface area contributed by atoms with E-state index in [1.807, 2.05) is 6.07 Å². The van der Waals surface area contributed by atoms with Gasteiger partial charge in [0.1, 0.15) is 0 Å². The molecule has 5 heteroatoms. The van der Waals surface area contributed by atoms with Gasteiger partial charge in [0.2, 0.25) is 0 Å². The van der Waals surface area contributed by atoms with Gasteiger partial charge in [0.05, 0.1) is 6.10 Å². The average molecular weight is 345 g/mol. The third-order valence-corrected chi connectivity index (χ3v) is 5.44. The van der Waals surface area contributed by atoms with Gasteiger partial charge in [0.25, 0.3) is 0 Å². The van der Waals surface area contributed by atoms with Gasteiger partial charge in [-0.15, -0.1) is 0 Å². The Bertz CT molecular complexity index is 547. The summed E-state index contributed by atoms with van der Waals surface area (Å²) in [6, 6.07) is 10.8. The zero-order valence-electron chi connectivity index (χ0n) is 15.2. The number of amides is 2. The van der Waals surface area contributed by atoms with E-state index in [9.17, 15) is 9.90 Å². The van der Waals surface area contributed by atoms with Crippen molar-refractivity contribution >= 4 is 6.03 Å². The highest BCUT2D eigenvalue weighted by Gasteiger charge is 2.31. The molecule has 2 fully saturated rings. The standard InChI is InChI=1S/C20H31N3O2/c1-22(15-19(24)17-10-11-17)20(25)21-13-18-9-5-6-12-23(18)14-16-7-3-2-4-8-16/h2-4,7-8,17-19,24H,5-6,9-15H2,1H3,(H,21,25). The van der Waals surface area contributed by atoms with E-state index >= 15 is 0 Å². The van der Waals surface area contributed by atoms with Crippen molar-refractivity contribution in [1.82, 2.24) is 15.1 Å². The number of piperidine rings is 1. The first-order valence-corrected chi connectivity index (χ1v) is 9.58. The van der Waals surface area contributed by atoms with Gasteiger partial charge in [-0.2, -0.15) is 0 Å². The van der Waals surface area contributed by atoms with E-state index in [4.69, 9.17) is 0 Å². The molecule has 0 spiro atoms. The minimum Gasteiger partial charge on any atom is -0.391 e. The first-order chi connectivity index (χ1) is 12.1. The van der Waals surface area contributed by atoms with Crippen molar-refractivity contribution in [3.63, 3.8) is 0 Å². The minimum atomic E-state index is -0.375. The smallest absolute Gasteiger partial charge is 0.317 e. The predicted molar refractivity (Wildman–Crippen MR) is 99.3 cm³/mol. The number of hydrogen-bond donors (Lipinski definition) is 2. The van der Waals surface area contributed by atoms with Crippen molar-refractivity contribution in [1.29, 1.82) is 0 Å². The second-order valence-electron chi connectivity index (χ2n) is 7.58. The molecule has 3 rings (SSSR count). The van der Waals surface area contributed by atoms with Crippen LogP contribution in [0.1, 0.15) is 37.7 Å². The van der Waals surface area contributed by atoms with Crippen LogP contribution in [0.2, 0.25) is 0 Å². The summed E-state index contributed by atoms with van der Waals surface area (Å²) in [4.78, 5) is 16.4. The molecular formula is C20H31N3O2. The van der Waals surface area contributed by atoms with Crippen LogP contribution in [0.15, 0.2) is 30.3 Å². The number of likely N-dealkylation sites (tertiary alicyclic amines) is 1. The van der Waals surface area contributed by atoms with Crippen molar-refractivity contribution in [2.75, 3.05) is 26.7 Å². The highest BCUT2D eigenvalue weighted by Crippen LogP contribution is 2.32. The van der Waals surface area contributed by atoms with Crippen LogP contribution in [0.25, 0.3) is 0 Å². The SMILES string of the molecule is CN(CC(O)C1CC1)C(=O)NCC1CCCCN1Cc1ccccc1. The summed E-state index contributed by atoms with van der Waals surface area (Å²) in [5, 5.41) is 13.1. The van der Waals surface area contributed by atoms with Gasteiger partial charge in [0.15, 0.2) is 0 Å². The van der Waals surface area contributed by atoms with Gasteiger partial charge >= 0.3 is 6.03 Å². The monoisotopic (exact) mass is 345 g/mol. The van der Waals surface area contributed by atoms with Crippen LogP contribution < -0.4 is 5.32 Å². The molecule has 25 heavy (non-hydrogen) atoms. The Labute approximate surface area is 151 Å². The van der Waals surface area contributed by atoms with E-state index in [0.29, 0.717) is 25.0 Å². The third-order valence-electron chi connectivity index (χ3n) is 5.44. The first kappa shape index (κ1) is 18.2. The van der Waals surface area contributed by atoms with Crippen molar-refractivity contribution in [3.05, 3.63) is 35.9 Å². The Morgan fingerprint density at radius 3 is 2.76 bits per heavy atom. The maximum absolute atomic E-state index is 12.3. The molecule has 2 aliphatic rings. The number of likely N-dealkylation sites (N-methyl/N-ethyl adjacent to an activating group) is 1. The lowest BCUT2D eigenvalue weighted by Crippen LogP contribution is -2.49. The molecule has 0 aromatic heterocycles. The van der Waals surface area contributed by atoms with Crippen molar-refractivity contribution in [3.8, 4) is 0 Å². The van der Waals surface area contributed by atoms with Crippen molar-refractivity contribution in [2.45, 2.75) is 50.8 Å². The molecule has 1 saturated carbocycles. The Morgan fingerprint density at radius 2 is 2.04 bits per heavy atom. The lowest BCUT2D eigenvalue weighted by Gasteiger charge is -2.36. The quantitative estimate of drug-likeness (QED) is 0.798. The fraction of sp³-hybridized carbons (Fsp3) is 0.650. The Balaban J connectivity index is 1.46. The van der Waals surface area contributed by atoms with Crippen LogP contribution in [0.4, 0.5) is 4.79 Å². The highest BCUT2D eigenvalue weighted by molar-refractivity contribution is 5.73. The van der Waals surface area contributed by atoms with Crippen molar-refractivity contribution < 1.29 is 9.90 Å². The number of aliphatic hydroxyl groups excluding tert-OH is 1. The maximum Gasteiger partial charge on any atom is 0.317 e. The van der Waals surface area contributed by atoms with Crippen LogP contribution in [-0.2, 0) is 6.54 Å². The summed E-state index contributed by atoms with van der Waals surface area (Å²) >= 11 is 0. The lowest BCUT2D eigenvalue weighted by molar-refractivity contribution is 0.109. The number of urea groups is 1. The number of nitrogens with zero attached hydrogens (tertiary/aromatic N) is 2. The molecule has 5 nitrogen and oxygen atoms in total. The number of nitrogens with one attached hydrogen (secondary N) is 1. The molecule has 2 N–H and O–H groups in total. The largest absolute Gasteiger partial charge is 0.391 e. The van der Waals surface area contributed by atoms with Gasteiger partial charge in [-0.3, -0.25) is 4.90 Å². The van der Waals surface area contributed by atoms with Gasteiger partial charge in [-0.05, 0) is 43.7 Å². The summed E-state index contributed by atoms with van der Waals surface area (Å²) in [5.74, 6) is 0.398. The number of carbonyl (C=O) groups is 1. The summed E-state index contributed by atoms with van der Waals surface area (Å²) in [5.41, 5.74) is 1.32. The van der Waals surface area contributed by atoms with Crippen LogP contribution in [0.5, 0.6) is 0 Å². The summed E-state index contributed by atoms with van der Waals surface area (Å²) < 4.78 is 0. The molecular weight excluding hydrogens is 314 g/mol. The molecule has 2 atom stereocenters.